The fourth-order valence-electron chi connectivity index (χ4n) is 3.24. The molecule has 1 aliphatic carbocycles. The van der Waals surface area contributed by atoms with Crippen LogP contribution in [0.5, 0.6) is 0 Å². The van der Waals surface area contributed by atoms with Crippen molar-refractivity contribution in [2.24, 2.45) is 5.73 Å². The van der Waals surface area contributed by atoms with Crippen LogP contribution in [0.15, 0.2) is 18.5 Å². The maximum atomic E-state index is 5.93. The molecule has 5 nitrogen and oxygen atoms in total. The third-order valence-corrected chi connectivity index (χ3v) is 4.56. The average Bonchev–Trinajstić information content (AvgIpc) is 3.13. The largest absolute Gasteiger partial charge is 0.389 e. The van der Waals surface area contributed by atoms with Gasteiger partial charge in [-0.2, -0.15) is 0 Å². The van der Waals surface area contributed by atoms with E-state index in [-0.39, 0.29) is 0 Å². The highest BCUT2D eigenvalue weighted by Gasteiger charge is 2.24. The first-order chi connectivity index (χ1) is 10.2. The number of nitrogens with zero attached hydrogens (tertiary/aromatic N) is 4. The first-order valence-electron chi connectivity index (χ1n) is 7.30. The first kappa shape index (κ1) is 12.8. The molecule has 0 fully saturated rings. The van der Waals surface area contributed by atoms with E-state index in [1.54, 1.807) is 0 Å². The molecule has 0 unspecified atom stereocenters. The van der Waals surface area contributed by atoms with Crippen molar-refractivity contribution in [1.82, 2.24) is 14.5 Å². The predicted molar refractivity (Wildman–Crippen MR) is 85.4 cm³/mol. The molecule has 0 bridgehead atoms. The summed E-state index contributed by atoms with van der Waals surface area (Å²) in [4.78, 5) is 12.0. The van der Waals surface area contributed by atoms with Crippen LogP contribution in [0.2, 0.25) is 0 Å². The molecule has 1 aliphatic heterocycles. The summed E-state index contributed by atoms with van der Waals surface area (Å²) in [5.41, 5.74) is 9.35. The van der Waals surface area contributed by atoms with E-state index in [1.165, 1.54) is 17.7 Å². The van der Waals surface area contributed by atoms with Gasteiger partial charge in [0.2, 0.25) is 0 Å². The number of hydrogen-bond acceptors (Lipinski definition) is 4. The Hall–Kier alpha value is -1.95. The molecule has 4 rings (SSSR count). The Morgan fingerprint density at radius 1 is 1.29 bits per heavy atom. The molecule has 2 aromatic rings. The van der Waals surface area contributed by atoms with Crippen molar-refractivity contribution in [2.45, 2.75) is 32.4 Å². The Balaban J connectivity index is 1.76. The van der Waals surface area contributed by atoms with Gasteiger partial charge in [0.15, 0.2) is 0 Å². The SMILES string of the molecule is NC(=S)c1cc2c(nc1N1CCn3ccnc3C1)CCC2. The standard InChI is InChI=1S/C15H17N5S/c16-14(21)11-8-10-2-1-3-12(10)18-15(11)20-7-6-19-5-4-17-13(19)9-20/h4-5,8H,1-3,6-7,9H2,(H2,16,21). The minimum absolute atomic E-state index is 0.432. The molecule has 108 valence electrons. The number of rotatable bonds is 2. The number of aromatic nitrogens is 3. The van der Waals surface area contributed by atoms with Crippen molar-refractivity contribution >= 4 is 23.0 Å². The molecule has 0 spiro atoms. The van der Waals surface area contributed by atoms with Crippen LogP contribution in [0.25, 0.3) is 0 Å². The van der Waals surface area contributed by atoms with Gasteiger partial charge >= 0.3 is 0 Å². The Morgan fingerprint density at radius 3 is 3.05 bits per heavy atom. The minimum atomic E-state index is 0.432. The van der Waals surface area contributed by atoms with Crippen molar-refractivity contribution in [2.75, 3.05) is 11.4 Å². The highest BCUT2D eigenvalue weighted by atomic mass is 32.1. The lowest BCUT2D eigenvalue weighted by molar-refractivity contribution is 0.555. The first-order valence-corrected chi connectivity index (χ1v) is 7.71. The summed E-state index contributed by atoms with van der Waals surface area (Å²) in [6.07, 6.45) is 7.19. The molecule has 0 saturated heterocycles. The number of aryl methyl sites for hydroxylation is 2. The van der Waals surface area contributed by atoms with Crippen molar-refractivity contribution in [3.05, 3.63) is 41.1 Å². The lowest BCUT2D eigenvalue weighted by Gasteiger charge is -2.30. The Morgan fingerprint density at radius 2 is 2.19 bits per heavy atom. The molecule has 0 saturated carbocycles. The van der Waals surface area contributed by atoms with Crippen LogP contribution < -0.4 is 10.6 Å². The summed E-state index contributed by atoms with van der Waals surface area (Å²) in [6, 6.07) is 2.15. The van der Waals surface area contributed by atoms with Crippen LogP contribution in [-0.2, 0) is 25.9 Å². The van der Waals surface area contributed by atoms with E-state index in [2.05, 4.69) is 20.5 Å². The van der Waals surface area contributed by atoms with E-state index >= 15 is 0 Å². The van der Waals surface area contributed by atoms with Gasteiger partial charge in [-0.1, -0.05) is 12.2 Å². The van der Waals surface area contributed by atoms with Gasteiger partial charge in [0, 0.05) is 31.2 Å². The maximum Gasteiger partial charge on any atom is 0.139 e. The lowest BCUT2D eigenvalue weighted by Crippen LogP contribution is -2.35. The smallest absolute Gasteiger partial charge is 0.139 e. The normalized spacial score (nSPS) is 16.7. The zero-order valence-corrected chi connectivity index (χ0v) is 12.6. The molecular weight excluding hydrogens is 282 g/mol. The van der Waals surface area contributed by atoms with Crippen LogP contribution in [0.3, 0.4) is 0 Å². The highest BCUT2D eigenvalue weighted by molar-refractivity contribution is 7.80. The molecular formula is C15H17N5S. The fraction of sp³-hybridized carbons (Fsp3) is 0.400. The molecule has 2 N–H and O–H groups in total. The average molecular weight is 299 g/mol. The highest BCUT2D eigenvalue weighted by Crippen LogP contribution is 2.29. The Bertz CT molecular complexity index is 721. The maximum absolute atomic E-state index is 5.93. The predicted octanol–water partition coefficient (Wildman–Crippen LogP) is 1.42. The summed E-state index contributed by atoms with van der Waals surface area (Å²) in [6.45, 7) is 2.59. The van der Waals surface area contributed by atoms with Gasteiger partial charge in [0.25, 0.3) is 0 Å². The molecule has 21 heavy (non-hydrogen) atoms. The molecule has 3 heterocycles. The number of thiocarbonyl (C=S) groups is 1. The Labute approximate surface area is 128 Å². The number of hydrogen-bond donors (Lipinski definition) is 1. The van der Waals surface area contributed by atoms with Crippen molar-refractivity contribution < 1.29 is 0 Å². The number of fused-ring (bicyclic) bond motifs is 2. The van der Waals surface area contributed by atoms with E-state index in [0.29, 0.717) is 4.99 Å². The van der Waals surface area contributed by atoms with Crippen LogP contribution >= 0.6 is 12.2 Å². The third kappa shape index (κ3) is 2.10. The summed E-state index contributed by atoms with van der Waals surface area (Å²) in [7, 11) is 0. The van der Waals surface area contributed by atoms with Crippen LogP contribution in [-0.4, -0.2) is 26.1 Å². The van der Waals surface area contributed by atoms with Gasteiger partial charge in [0.1, 0.15) is 16.6 Å². The molecule has 0 amide bonds. The number of anilines is 1. The van der Waals surface area contributed by atoms with E-state index in [4.69, 9.17) is 22.9 Å². The third-order valence-electron chi connectivity index (χ3n) is 4.34. The number of pyridine rings is 1. The van der Waals surface area contributed by atoms with Crippen molar-refractivity contribution in [3.63, 3.8) is 0 Å². The molecule has 0 radical (unpaired) electrons. The van der Waals surface area contributed by atoms with E-state index < -0.39 is 0 Å². The van der Waals surface area contributed by atoms with E-state index in [0.717, 1.165) is 49.7 Å². The summed E-state index contributed by atoms with van der Waals surface area (Å²) >= 11 is 5.24. The monoisotopic (exact) mass is 299 g/mol. The number of imidazole rings is 1. The summed E-state index contributed by atoms with van der Waals surface area (Å²) in [5, 5.41) is 0. The van der Waals surface area contributed by atoms with E-state index in [1.807, 2.05) is 12.4 Å². The van der Waals surface area contributed by atoms with E-state index in [9.17, 15) is 0 Å². The lowest BCUT2D eigenvalue weighted by atomic mass is 10.1. The van der Waals surface area contributed by atoms with Crippen LogP contribution in [0, 0.1) is 0 Å². The van der Waals surface area contributed by atoms with Gasteiger partial charge in [-0.3, -0.25) is 0 Å². The van der Waals surface area contributed by atoms with Crippen LogP contribution in [0.4, 0.5) is 5.82 Å². The van der Waals surface area contributed by atoms with Crippen LogP contribution in [0.1, 0.15) is 29.1 Å². The molecule has 2 aliphatic rings. The van der Waals surface area contributed by atoms with Gasteiger partial charge in [0.05, 0.1) is 12.1 Å². The fourth-order valence-corrected chi connectivity index (χ4v) is 3.39. The zero-order chi connectivity index (χ0) is 14.4. The zero-order valence-electron chi connectivity index (χ0n) is 11.7. The van der Waals surface area contributed by atoms with Crippen molar-refractivity contribution in [3.8, 4) is 0 Å². The number of nitrogens with two attached hydrogens (primary N) is 1. The van der Waals surface area contributed by atoms with Gasteiger partial charge in [-0.25, -0.2) is 9.97 Å². The minimum Gasteiger partial charge on any atom is -0.389 e. The summed E-state index contributed by atoms with van der Waals surface area (Å²) < 4.78 is 2.18. The quantitative estimate of drug-likeness (QED) is 0.850. The van der Waals surface area contributed by atoms with Gasteiger partial charge < -0.3 is 15.2 Å². The van der Waals surface area contributed by atoms with Gasteiger partial charge in [-0.05, 0) is 30.9 Å². The second-order valence-corrected chi connectivity index (χ2v) is 6.08. The molecule has 2 aromatic heterocycles. The molecule has 6 heteroatoms. The second-order valence-electron chi connectivity index (χ2n) is 5.64. The molecule has 0 aromatic carbocycles. The van der Waals surface area contributed by atoms with Crippen molar-refractivity contribution in [1.29, 1.82) is 0 Å². The topological polar surface area (TPSA) is 60.0 Å². The second kappa shape index (κ2) is 4.80. The molecule has 0 atom stereocenters. The van der Waals surface area contributed by atoms with Gasteiger partial charge in [-0.15, -0.1) is 0 Å². The summed E-state index contributed by atoms with van der Waals surface area (Å²) in [5.74, 6) is 2.00. The Kier molecular flexibility index (Phi) is 2.92.